The maximum Gasteiger partial charge on any atom is 0.270 e. The molecule has 0 bridgehead atoms. The van der Waals surface area contributed by atoms with E-state index < -0.39 is 0 Å². The van der Waals surface area contributed by atoms with Gasteiger partial charge in [0.15, 0.2) is 0 Å². The monoisotopic (exact) mass is 374 g/mol. The summed E-state index contributed by atoms with van der Waals surface area (Å²) in [4.78, 5) is 18.7. The SMILES string of the molecule is CN(C)CCNC(=O)c1ccnn1-c1ccc2ccc(-c3ccncc3)cn12. The van der Waals surface area contributed by atoms with Crippen LogP contribution >= 0.6 is 0 Å². The largest absolute Gasteiger partial charge is 0.349 e. The summed E-state index contributed by atoms with van der Waals surface area (Å²) in [5.41, 5.74) is 3.69. The average molecular weight is 374 g/mol. The van der Waals surface area contributed by atoms with E-state index >= 15 is 0 Å². The molecule has 0 fully saturated rings. The van der Waals surface area contributed by atoms with Gasteiger partial charge in [0.05, 0.1) is 6.20 Å². The van der Waals surface area contributed by atoms with Gasteiger partial charge in [-0.25, -0.2) is 4.68 Å². The lowest BCUT2D eigenvalue weighted by Gasteiger charge is -2.12. The molecule has 0 saturated carbocycles. The van der Waals surface area contributed by atoms with E-state index in [1.54, 1.807) is 29.3 Å². The number of hydrogen-bond donors (Lipinski definition) is 1. The molecule has 0 aliphatic carbocycles. The molecule has 0 spiro atoms. The Kier molecular flexibility index (Phi) is 4.90. The Morgan fingerprint density at radius 2 is 1.79 bits per heavy atom. The lowest BCUT2D eigenvalue weighted by atomic mass is 10.1. The van der Waals surface area contributed by atoms with Crippen LogP contribution in [0.15, 0.2) is 67.3 Å². The van der Waals surface area contributed by atoms with Crippen LogP contribution in [0.4, 0.5) is 0 Å². The van der Waals surface area contributed by atoms with Crippen molar-refractivity contribution in [2.24, 2.45) is 0 Å². The number of rotatable bonds is 6. The third-order valence-corrected chi connectivity index (χ3v) is 4.58. The van der Waals surface area contributed by atoms with Crippen LogP contribution in [0.2, 0.25) is 0 Å². The molecule has 0 aromatic carbocycles. The molecule has 1 amide bonds. The molecule has 0 aliphatic rings. The van der Waals surface area contributed by atoms with Gasteiger partial charge in [-0.2, -0.15) is 5.10 Å². The second-order valence-electron chi connectivity index (χ2n) is 6.83. The molecule has 0 unspecified atom stereocenters. The fourth-order valence-corrected chi connectivity index (χ4v) is 3.12. The third-order valence-electron chi connectivity index (χ3n) is 4.58. The maximum atomic E-state index is 12.6. The van der Waals surface area contributed by atoms with Crippen LogP contribution in [-0.4, -0.2) is 57.2 Å². The first-order valence-electron chi connectivity index (χ1n) is 9.12. The number of hydrogen-bond acceptors (Lipinski definition) is 4. The number of carbonyl (C=O) groups excluding carboxylic acids is 1. The number of fused-ring (bicyclic) bond motifs is 1. The van der Waals surface area contributed by atoms with Gasteiger partial charge in [0.2, 0.25) is 0 Å². The van der Waals surface area contributed by atoms with Crippen molar-refractivity contribution in [2.45, 2.75) is 0 Å². The summed E-state index contributed by atoms with van der Waals surface area (Å²) in [7, 11) is 3.95. The molecular formula is C21H22N6O. The van der Waals surface area contributed by atoms with Gasteiger partial charge in [0.1, 0.15) is 11.5 Å². The number of likely N-dealkylation sites (N-methyl/N-ethyl adjacent to an activating group) is 1. The minimum absolute atomic E-state index is 0.139. The van der Waals surface area contributed by atoms with Crippen molar-refractivity contribution in [3.8, 4) is 16.9 Å². The number of amides is 1. The van der Waals surface area contributed by atoms with Crippen molar-refractivity contribution in [1.82, 2.24) is 29.4 Å². The Bertz CT molecular complexity index is 1100. The Labute approximate surface area is 163 Å². The molecule has 142 valence electrons. The number of carbonyl (C=O) groups is 1. The Hall–Kier alpha value is -3.45. The van der Waals surface area contributed by atoms with Gasteiger partial charge in [-0.05, 0) is 61.6 Å². The van der Waals surface area contributed by atoms with Crippen LogP contribution in [-0.2, 0) is 0 Å². The van der Waals surface area contributed by atoms with Gasteiger partial charge in [0, 0.05) is 37.2 Å². The summed E-state index contributed by atoms with van der Waals surface area (Å²) < 4.78 is 3.72. The summed E-state index contributed by atoms with van der Waals surface area (Å²) in [6.07, 6.45) is 7.25. The van der Waals surface area contributed by atoms with Crippen LogP contribution in [0.3, 0.4) is 0 Å². The van der Waals surface area contributed by atoms with E-state index in [1.165, 1.54) is 0 Å². The average Bonchev–Trinajstić information content (AvgIpc) is 3.34. The van der Waals surface area contributed by atoms with Crippen molar-refractivity contribution in [2.75, 3.05) is 27.2 Å². The molecule has 0 saturated heterocycles. The smallest absolute Gasteiger partial charge is 0.270 e. The lowest BCUT2D eigenvalue weighted by Crippen LogP contribution is -2.32. The Morgan fingerprint density at radius 1 is 1.00 bits per heavy atom. The Morgan fingerprint density at radius 3 is 2.57 bits per heavy atom. The normalized spacial score (nSPS) is 11.2. The lowest BCUT2D eigenvalue weighted by molar-refractivity contribution is 0.0943. The summed E-state index contributed by atoms with van der Waals surface area (Å²) in [6.45, 7) is 1.36. The first-order valence-corrected chi connectivity index (χ1v) is 9.12. The summed E-state index contributed by atoms with van der Waals surface area (Å²) in [5, 5.41) is 7.34. The minimum atomic E-state index is -0.139. The molecule has 7 nitrogen and oxygen atoms in total. The molecule has 1 N–H and O–H groups in total. The quantitative estimate of drug-likeness (QED) is 0.563. The number of nitrogens with one attached hydrogen (secondary N) is 1. The molecule has 28 heavy (non-hydrogen) atoms. The highest BCUT2D eigenvalue weighted by molar-refractivity contribution is 5.93. The molecule has 4 aromatic heterocycles. The van der Waals surface area contributed by atoms with Crippen molar-refractivity contribution in [1.29, 1.82) is 0 Å². The molecule has 7 heteroatoms. The van der Waals surface area contributed by atoms with E-state index in [9.17, 15) is 4.79 Å². The highest BCUT2D eigenvalue weighted by Gasteiger charge is 2.15. The molecular weight excluding hydrogens is 352 g/mol. The first kappa shape index (κ1) is 17.9. The maximum absolute atomic E-state index is 12.6. The fourth-order valence-electron chi connectivity index (χ4n) is 3.12. The van der Waals surface area contributed by atoms with Crippen molar-refractivity contribution >= 4 is 11.4 Å². The van der Waals surface area contributed by atoms with Gasteiger partial charge < -0.3 is 14.6 Å². The van der Waals surface area contributed by atoms with Crippen LogP contribution in [0.5, 0.6) is 0 Å². The standard InChI is InChI=1S/C21H22N6O/c1-25(2)14-13-23-21(28)19-9-12-24-27(19)20-6-5-18-4-3-17(15-26(18)20)16-7-10-22-11-8-16/h3-12,15H,13-14H2,1-2H3,(H,23,28). The highest BCUT2D eigenvalue weighted by Crippen LogP contribution is 2.23. The second-order valence-corrected chi connectivity index (χ2v) is 6.83. The van der Waals surface area contributed by atoms with Crippen molar-refractivity contribution in [3.63, 3.8) is 0 Å². The summed E-state index contributed by atoms with van der Waals surface area (Å²) >= 11 is 0. The van der Waals surface area contributed by atoms with E-state index in [1.807, 2.05) is 47.7 Å². The highest BCUT2D eigenvalue weighted by atomic mass is 16.2. The molecule has 4 rings (SSSR count). The van der Waals surface area contributed by atoms with Gasteiger partial charge >= 0.3 is 0 Å². The van der Waals surface area contributed by atoms with Crippen LogP contribution < -0.4 is 5.32 Å². The summed E-state index contributed by atoms with van der Waals surface area (Å²) in [5.74, 6) is 0.674. The van der Waals surface area contributed by atoms with Crippen LogP contribution in [0, 0.1) is 0 Å². The molecule has 4 aromatic rings. The van der Waals surface area contributed by atoms with Crippen molar-refractivity contribution in [3.05, 3.63) is 72.9 Å². The molecule has 4 heterocycles. The van der Waals surface area contributed by atoms with E-state index in [0.717, 1.165) is 29.0 Å². The van der Waals surface area contributed by atoms with Crippen LogP contribution in [0.1, 0.15) is 10.5 Å². The van der Waals surface area contributed by atoms with Gasteiger partial charge in [0.25, 0.3) is 5.91 Å². The summed E-state index contributed by atoms with van der Waals surface area (Å²) in [6, 6.07) is 13.8. The predicted molar refractivity (Wildman–Crippen MR) is 109 cm³/mol. The predicted octanol–water partition coefficient (Wildman–Crippen LogP) is 2.48. The zero-order chi connectivity index (χ0) is 19.5. The Balaban J connectivity index is 1.69. The molecule has 0 radical (unpaired) electrons. The minimum Gasteiger partial charge on any atom is -0.349 e. The van der Waals surface area contributed by atoms with Gasteiger partial charge in [-0.1, -0.05) is 6.07 Å². The second kappa shape index (κ2) is 7.66. The van der Waals surface area contributed by atoms with Gasteiger partial charge in [-0.15, -0.1) is 0 Å². The van der Waals surface area contributed by atoms with E-state index in [4.69, 9.17) is 0 Å². The fraction of sp³-hybridized carbons (Fsp3) is 0.190. The topological polar surface area (TPSA) is 67.5 Å². The van der Waals surface area contributed by atoms with E-state index in [-0.39, 0.29) is 5.91 Å². The van der Waals surface area contributed by atoms with Crippen LogP contribution in [0.25, 0.3) is 22.5 Å². The van der Waals surface area contributed by atoms with Crippen molar-refractivity contribution < 1.29 is 4.79 Å². The first-order chi connectivity index (χ1) is 13.6. The number of aromatic nitrogens is 4. The number of nitrogens with zero attached hydrogens (tertiary/aromatic N) is 5. The number of pyridine rings is 2. The van der Waals surface area contributed by atoms with Gasteiger partial charge in [-0.3, -0.25) is 9.78 Å². The van der Waals surface area contributed by atoms with E-state index in [2.05, 4.69) is 33.7 Å². The molecule has 0 atom stereocenters. The zero-order valence-electron chi connectivity index (χ0n) is 15.9. The molecule has 0 aliphatic heterocycles. The zero-order valence-corrected chi connectivity index (χ0v) is 15.9. The van der Waals surface area contributed by atoms with E-state index in [0.29, 0.717) is 12.2 Å². The third kappa shape index (κ3) is 3.52.